The Morgan fingerprint density at radius 2 is 2.07 bits per heavy atom. The molecule has 0 saturated heterocycles. The molecule has 4 nitrogen and oxygen atoms in total. The molecule has 5 heteroatoms. The van der Waals surface area contributed by atoms with E-state index in [0.29, 0.717) is 11.3 Å². The number of hydrogen-bond acceptors (Lipinski definition) is 3. The number of hydrogen-bond donors (Lipinski definition) is 0. The van der Waals surface area contributed by atoms with Crippen LogP contribution in [0.25, 0.3) is 0 Å². The lowest BCUT2D eigenvalue weighted by molar-refractivity contribution is -0.386. The molecule has 0 N–H and O–H groups in total. The summed E-state index contributed by atoms with van der Waals surface area (Å²) in [6, 6.07) is 1.81. The molecule has 1 rings (SSSR count). The fraction of sp³-hybridized carbons (Fsp3) is 0.333. The molecule has 0 aliphatic carbocycles. The number of benzene rings is 1. The van der Waals surface area contributed by atoms with E-state index in [-0.39, 0.29) is 5.69 Å². The van der Waals surface area contributed by atoms with Crippen LogP contribution in [0, 0.1) is 24.0 Å². The van der Waals surface area contributed by atoms with Crippen LogP contribution in [0.2, 0.25) is 0 Å². The maximum absolute atomic E-state index is 10.8. The molecular formula is C9H10BrNO3. The maximum Gasteiger partial charge on any atom is 0.315 e. The first-order valence-corrected chi connectivity index (χ1v) is 4.76. The second kappa shape index (κ2) is 3.96. The van der Waals surface area contributed by atoms with E-state index in [1.165, 1.54) is 7.11 Å². The first-order valence-electron chi connectivity index (χ1n) is 3.97. The molecule has 1 aromatic carbocycles. The lowest BCUT2D eigenvalue weighted by Gasteiger charge is -2.08. The largest absolute Gasteiger partial charge is 0.490 e. The van der Waals surface area contributed by atoms with Crippen LogP contribution in [0.1, 0.15) is 11.1 Å². The first-order chi connectivity index (χ1) is 6.49. The van der Waals surface area contributed by atoms with E-state index in [2.05, 4.69) is 15.9 Å². The van der Waals surface area contributed by atoms with Gasteiger partial charge in [0.05, 0.1) is 12.0 Å². The maximum atomic E-state index is 10.8. The van der Waals surface area contributed by atoms with Crippen LogP contribution in [0.4, 0.5) is 5.69 Å². The highest BCUT2D eigenvalue weighted by molar-refractivity contribution is 9.10. The molecular weight excluding hydrogens is 250 g/mol. The second-order valence-electron chi connectivity index (χ2n) is 2.94. The number of rotatable bonds is 2. The fourth-order valence-electron chi connectivity index (χ4n) is 1.31. The van der Waals surface area contributed by atoms with E-state index in [1.807, 2.05) is 0 Å². The van der Waals surface area contributed by atoms with Crippen molar-refractivity contribution in [2.24, 2.45) is 0 Å². The molecule has 76 valence electrons. The van der Waals surface area contributed by atoms with Crippen LogP contribution in [0.3, 0.4) is 0 Å². The summed E-state index contributed by atoms with van der Waals surface area (Å²) in [6.07, 6.45) is 0. The summed E-state index contributed by atoms with van der Waals surface area (Å²) in [5.74, 6) is 0.329. The lowest BCUT2D eigenvalue weighted by Crippen LogP contribution is -1.99. The highest BCUT2D eigenvalue weighted by Crippen LogP contribution is 2.37. The van der Waals surface area contributed by atoms with E-state index in [9.17, 15) is 10.1 Å². The molecule has 1 aromatic rings. The number of methoxy groups -OCH3 is 1. The van der Waals surface area contributed by atoms with Crippen molar-refractivity contribution in [2.45, 2.75) is 13.8 Å². The molecule has 0 aliphatic heterocycles. The van der Waals surface area contributed by atoms with Gasteiger partial charge >= 0.3 is 5.69 Å². The minimum absolute atomic E-state index is 0.0272. The average molecular weight is 260 g/mol. The normalized spacial score (nSPS) is 10.0. The van der Waals surface area contributed by atoms with Gasteiger partial charge in [-0.1, -0.05) is 15.9 Å². The van der Waals surface area contributed by atoms with Gasteiger partial charge in [0.15, 0.2) is 5.75 Å². The molecule has 0 atom stereocenters. The van der Waals surface area contributed by atoms with Gasteiger partial charge in [0.2, 0.25) is 0 Å². The smallest absolute Gasteiger partial charge is 0.315 e. The van der Waals surface area contributed by atoms with Crippen LogP contribution in [-0.4, -0.2) is 12.0 Å². The van der Waals surface area contributed by atoms with Gasteiger partial charge in [-0.05, 0) is 25.5 Å². The summed E-state index contributed by atoms with van der Waals surface area (Å²) in [5, 5.41) is 10.8. The second-order valence-corrected chi connectivity index (χ2v) is 3.79. The first kappa shape index (κ1) is 11.0. The molecule has 0 radical (unpaired) electrons. The summed E-state index contributed by atoms with van der Waals surface area (Å²) >= 11 is 3.27. The third-order valence-electron chi connectivity index (χ3n) is 2.02. The standard InChI is InChI=1S/C9H10BrNO3/c1-5-4-7(10)6(2)8(11(12)13)9(5)14-3/h4H,1-3H3. The van der Waals surface area contributed by atoms with E-state index in [1.54, 1.807) is 19.9 Å². The van der Waals surface area contributed by atoms with Crippen molar-refractivity contribution in [1.29, 1.82) is 0 Å². The molecule has 14 heavy (non-hydrogen) atoms. The molecule has 0 saturated carbocycles. The minimum atomic E-state index is -0.425. The van der Waals surface area contributed by atoms with Crippen LogP contribution >= 0.6 is 15.9 Å². The number of nitrogens with zero attached hydrogens (tertiary/aromatic N) is 1. The minimum Gasteiger partial charge on any atom is -0.490 e. The topological polar surface area (TPSA) is 52.4 Å². The molecule has 0 spiro atoms. The summed E-state index contributed by atoms with van der Waals surface area (Å²) in [6.45, 7) is 3.46. The van der Waals surface area contributed by atoms with Gasteiger partial charge in [-0.25, -0.2) is 0 Å². The third-order valence-corrected chi connectivity index (χ3v) is 2.84. The van der Waals surface area contributed by atoms with E-state index in [4.69, 9.17) is 4.74 Å². The van der Waals surface area contributed by atoms with Gasteiger partial charge in [0.1, 0.15) is 0 Å². The molecule has 0 fully saturated rings. The molecule has 0 unspecified atom stereocenters. The van der Waals surface area contributed by atoms with Crippen molar-refractivity contribution in [3.05, 3.63) is 31.8 Å². The Balaban J connectivity index is 3.56. The molecule has 0 heterocycles. The average Bonchev–Trinajstić information content (AvgIpc) is 2.10. The van der Waals surface area contributed by atoms with Gasteiger partial charge in [-0.15, -0.1) is 0 Å². The van der Waals surface area contributed by atoms with Crippen molar-refractivity contribution < 1.29 is 9.66 Å². The van der Waals surface area contributed by atoms with Crippen LogP contribution in [0.5, 0.6) is 5.75 Å². The van der Waals surface area contributed by atoms with Crippen molar-refractivity contribution >= 4 is 21.6 Å². The SMILES string of the molecule is COc1c(C)cc(Br)c(C)c1[N+](=O)[O-]. The zero-order chi connectivity index (χ0) is 10.9. The molecule has 0 aromatic heterocycles. The van der Waals surface area contributed by atoms with Crippen molar-refractivity contribution in [3.8, 4) is 5.75 Å². The predicted octanol–water partition coefficient (Wildman–Crippen LogP) is 2.98. The summed E-state index contributed by atoms with van der Waals surface area (Å²) in [4.78, 5) is 10.4. The highest BCUT2D eigenvalue weighted by Gasteiger charge is 2.22. The van der Waals surface area contributed by atoms with Crippen LogP contribution < -0.4 is 4.74 Å². The van der Waals surface area contributed by atoms with E-state index in [0.717, 1.165) is 10.0 Å². The zero-order valence-electron chi connectivity index (χ0n) is 8.13. The van der Waals surface area contributed by atoms with E-state index < -0.39 is 4.92 Å². The Kier molecular flexibility index (Phi) is 3.10. The predicted molar refractivity (Wildman–Crippen MR) is 56.8 cm³/mol. The van der Waals surface area contributed by atoms with Crippen LogP contribution in [-0.2, 0) is 0 Å². The van der Waals surface area contributed by atoms with Gasteiger partial charge in [0.25, 0.3) is 0 Å². The summed E-state index contributed by atoms with van der Waals surface area (Å²) < 4.78 is 5.74. The van der Waals surface area contributed by atoms with Gasteiger partial charge in [-0.3, -0.25) is 10.1 Å². The number of nitro benzene ring substituents is 1. The third kappa shape index (κ3) is 1.72. The summed E-state index contributed by atoms with van der Waals surface area (Å²) in [7, 11) is 1.43. The monoisotopic (exact) mass is 259 g/mol. The van der Waals surface area contributed by atoms with Crippen molar-refractivity contribution in [3.63, 3.8) is 0 Å². The Hall–Kier alpha value is -1.10. The number of halogens is 1. The Morgan fingerprint density at radius 1 is 1.50 bits per heavy atom. The Morgan fingerprint density at radius 3 is 2.50 bits per heavy atom. The number of nitro groups is 1. The van der Waals surface area contributed by atoms with Crippen molar-refractivity contribution in [1.82, 2.24) is 0 Å². The van der Waals surface area contributed by atoms with Crippen LogP contribution in [0.15, 0.2) is 10.5 Å². The lowest BCUT2D eigenvalue weighted by atomic mass is 10.1. The molecule has 0 amide bonds. The Labute approximate surface area is 90.2 Å². The van der Waals surface area contributed by atoms with E-state index >= 15 is 0 Å². The molecule has 0 bridgehead atoms. The number of ether oxygens (including phenoxy) is 1. The van der Waals surface area contributed by atoms with Gasteiger partial charge in [-0.2, -0.15) is 0 Å². The van der Waals surface area contributed by atoms with Crippen molar-refractivity contribution in [2.75, 3.05) is 7.11 Å². The fourth-order valence-corrected chi connectivity index (χ4v) is 1.84. The Bertz CT molecular complexity index is 390. The van der Waals surface area contributed by atoms with Gasteiger partial charge < -0.3 is 4.74 Å². The summed E-state index contributed by atoms with van der Waals surface area (Å²) in [5.41, 5.74) is 1.36. The highest BCUT2D eigenvalue weighted by atomic mass is 79.9. The zero-order valence-corrected chi connectivity index (χ0v) is 9.71. The number of aryl methyl sites for hydroxylation is 1. The quantitative estimate of drug-likeness (QED) is 0.606. The van der Waals surface area contributed by atoms with Gasteiger partial charge in [0, 0.05) is 10.0 Å². The molecule has 0 aliphatic rings.